The number of amides is 1. The van der Waals surface area contributed by atoms with Gasteiger partial charge in [0.25, 0.3) is 0 Å². The quantitative estimate of drug-likeness (QED) is 0.627. The standard InChI is InChI=1S/C10H19N3O/c1-13(7-2-3-7)5-4-12-10(14)8-6-9(8)11/h7-9H,2-6,11H2,1H3,(H,12,14). The lowest BCUT2D eigenvalue weighted by Gasteiger charge is -2.15. The van der Waals surface area contributed by atoms with Crippen LogP contribution in [0, 0.1) is 5.92 Å². The lowest BCUT2D eigenvalue weighted by Crippen LogP contribution is -2.35. The van der Waals surface area contributed by atoms with E-state index in [-0.39, 0.29) is 17.9 Å². The summed E-state index contributed by atoms with van der Waals surface area (Å²) >= 11 is 0. The first kappa shape index (κ1) is 9.93. The topological polar surface area (TPSA) is 58.4 Å². The van der Waals surface area contributed by atoms with Gasteiger partial charge in [0.1, 0.15) is 0 Å². The minimum Gasteiger partial charge on any atom is -0.355 e. The van der Waals surface area contributed by atoms with Crippen molar-refractivity contribution in [2.75, 3.05) is 20.1 Å². The molecule has 2 saturated carbocycles. The molecule has 1 amide bonds. The van der Waals surface area contributed by atoms with Gasteiger partial charge >= 0.3 is 0 Å². The maximum absolute atomic E-state index is 11.4. The normalized spacial score (nSPS) is 30.5. The predicted octanol–water partition coefficient (Wildman–Crippen LogP) is -0.456. The molecule has 0 aliphatic heterocycles. The van der Waals surface area contributed by atoms with Crippen LogP contribution in [0.3, 0.4) is 0 Å². The summed E-state index contributed by atoms with van der Waals surface area (Å²) in [4.78, 5) is 13.7. The Hall–Kier alpha value is -0.610. The molecule has 0 bridgehead atoms. The summed E-state index contributed by atoms with van der Waals surface area (Å²) in [6, 6.07) is 0.895. The maximum Gasteiger partial charge on any atom is 0.224 e. The Morgan fingerprint density at radius 1 is 1.57 bits per heavy atom. The number of carbonyl (C=O) groups is 1. The Balaban J connectivity index is 1.55. The Kier molecular flexibility index (Phi) is 2.74. The maximum atomic E-state index is 11.4. The average Bonchev–Trinajstić information content (AvgIpc) is 2.96. The number of likely N-dealkylation sites (N-methyl/N-ethyl adjacent to an activating group) is 1. The van der Waals surface area contributed by atoms with Gasteiger partial charge in [0.15, 0.2) is 0 Å². The molecule has 2 fully saturated rings. The molecule has 4 heteroatoms. The minimum absolute atomic E-state index is 0.0984. The van der Waals surface area contributed by atoms with Crippen molar-refractivity contribution >= 4 is 5.91 Å². The van der Waals surface area contributed by atoms with E-state index in [2.05, 4.69) is 17.3 Å². The van der Waals surface area contributed by atoms with Crippen LogP contribution in [0.15, 0.2) is 0 Å². The molecule has 3 N–H and O–H groups in total. The van der Waals surface area contributed by atoms with E-state index in [1.54, 1.807) is 0 Å². The summed E-state index contributed by atoms with van der Waals surface area (Å²) in [5.41, 5.74) is 5.59. The van der Waals surface area contributed by atoms with Gasteiger partial charge < -0.3 is 16.0 Å². The summed E-state index contributed by atoms with van der Waals surface area (Å²) in [6.07, 6.45) is 3.50. The highest BCUT2D eigenvalue weighted by Crippen LogP contribution is 2.27. The number of rotatable bonds is 5. The van der Waals surface area contributed by atoms with Gasteiger partial charge in [-0.05, 0) is 26.3 Å². The van der Waals surface area contributed by atoms with Gasteiger partial charge in [-0.1, -0.05) is 0 Å². The minimum atomic E-state index is 0.0984. The number of nitrogens with two attached hydrogens (primary N) is 1. The zero-order chi connectivity index (χ0) is 10.1. The van der Waals surface area contributed by atoms with Crippen LogP contribution in [0.2, 0.25) is 0 Å². The number of hydrogen-bond acceptors (Lipinski definition) is 3. The molecule has 80 valence electrons. The van der Waals surface area contributed by atoms with E-state index in [1.807, 2.05) is 0 Å². The second-order valence-electron chi connectivity index (χ2n) is 4.51. The van der Waals surface area contributed by atoms with Crippen molar-refractivity contribution in [3.63, 3.8) is 0 Å². The molecule has 4 nitrogen and oxygen atoms in total. The first-order valence-electron chi connectivity index (χ1n) is 5.42. The van der Waals surface area contributed by atoms with E-state index in [4.69, 9.17) is 5.73 Å². The van der Waals surface area contributed by atoms with E-state index in [0.717, 1.165) is 25.6 Å². The number of carbonyl (C=O) groups excluding carboxylic acids is 1. The Bertz CT molecular complexity index is 227. The molecule has 2 atom stereocenters. The average molecular weight is 197 g/mol. The fourth-order valence-electron chi connectivity index (χ4n) is 1.70. The van der Waals surface area contributed by atoms with Crippen LogP contribution in [-0.2, 0) is 4.79 Å². The fourth-order valence-corrected chi connectivity index (χ4v) is 1.70. The highest BCUT2D eigenvalue weighted by Gasteiger charge is 2.39. The molecule has 2 unspecified atom stereocenters. The lowest BCUT2D eigenvalue weighted by atomic mass is 10.3. The largest absolute Gasteiger partial charge is 0.355 e. The zero-order valence-corrected chi connectivity index (χ0v) is 8.70. The van der Waals surface area contributed by atoms with Gasteiger partial charge in [0.05, 0.1) is 5.92 Å². The molecule has 0 radical (unpaired) electrons. The molecule has 2 rings (SSSR count). The van der Waals surface area contributed by atoms with Crippen molar-refractivity contribution in [2.45, 2.75) is 31.3 Å². The molecular formula is C10H19N3O. The summed E-state index contributed by atoms with van der Waals surface area (Å²) in [6.45, 7) is 1.72. The van der Waals surface area contributed by atoms with Crippen molar-refractivity contribution in [3.8, 4) is 0 Å². The molecule has 2 aliphatic rings. The first-order valence-corrected chi connectivity index (χ1v) is 5.42. The molecule has 0 aromatic carbocycles. The predicted molar refractivity (Wildman–Crippen MR) is 54.7 cm³/mol. The molecule has 0 saturated heterocycles. The Morgan fingerprint density at radius 3 is 2.71 bits per heavy atom. The molecule has 2 aliphatic carbocycles. The third-order valence-electron chi connectivity index (χ3n) is 3.11. The second-order valence-corrected chi connectivity index (χ2v) is 4.51. The van der Waals surface area contributed by atoms with E-state index in [1.165, 1.54) is 12.8 Å². The van der Waals surface area contributed by atoms with Crippen LogP contribution in [0.5, 0.6) is 0 Å². The second kappa shape index (κ2) is 3.87. The van der Waals surface area contributed by atoms with Crippen LogP contribution < -0.4 is 11.1 Å². The van der Waals surface area contributed by atoms with E-state index in [0.29, 0.717) is 0 Å². The third-order valence-corrected chi connectivity index (χ3v) is 3.11. The summed E-state index contributed by atoms with van der Waals surface area (Å²) in [7, 11) is 2.12. The van der Waals surface area contributed by atoms with Crippen molar-refractivity contribution < 1.29 is 4.79 Å². The van der Waals surface area contributed by atoms with Crippen molar-refractivity contribution in [1.29, 1.82) is 0 Å². The summed E-state index contributed by atoms with van der Waals surface area (Å²) in [5.74, 6) is 0.239. The summed E-state index contributed by atoms with van der Waals surface area (Å²) in [5, 5.41) is 2.93. The Morgan fingerprint density at radius 2 is 2.21 bits per heavy atom. The van der Waals surface area contributed by atoms with Crippen LogP contribution >= 0.6 is 0 Å². The van der Waals surface area contributed by atoms with Gasteiger partial charge in [0, 0.05) is 25.2 Å². The number of nitrogens with one attached hydrogen (secondary N) is 1. The van der Waals surface area contributed by atoms with Gasteiger partial charge in [0.2, 0.25) is 5.91 Å². The fraction of sp³-hybridized carbons (Fsp3) is 0.900. The van der Waals surface area contributed by atoms with Crippen molar-refractivity contribution in [1.82, 2.24) is 10.2 Å². The highest BCUT2D eigenvalue weighted by molar-refractivity contribution is 5.82. The molecule has 0 aromatic rings. The monoisotopic (exact) mass is 197 g/mol. The zero-order valence-electron chi connectivity index (χ0n) is 8.70. The summed E-state index contributed by atoms with van der Waals surface area (Å²) < 4.78 is 0. The van der Waals surface area contributed by atoms with Crippen LogP contribution in [0.4, 0.5) is 0 Å². The van der Waals surface area contributed by atoms with Crippen LogP contribution in [0.25, 0.3) is 0 Å². The van der Waals surface area contributed by atoms with Crippen molar-refractivity contribution in [3.05, 3.63) is 0 Å². The smallest absolute Gasteiger partial charge is 0.224 e. The number of nitrogens with zero attached hydrogens (tertiary/aromatic N) is 1. The Labute approximate surface area is 84.8 Å². The molecule has 0 spiro atoms. The molecular weight excluding hydrogens is 178 g/mol. The third kappa shape index (κ3) is 2.45. The van der Waals surface area contributed by atoms with Gasteiger partial charge in [-0.25, -0.2) is 0 Å². The van der Waals surface area contributed by atoms with Crippen LogP contribution in [0.1, 0.15) is 19.3 Å². The van der Waals surface area contributed by atoms with Crippen LogP contribution in [-0.4, -0.2) is 43.0 Å². The molecule has 14 heavy (non-hydrogen) atoms. The van der Waals surface area contributed by atoms with E-state index in [9.17, 15) is 4.79 Å². The van der Waals surface area contributed by atoms with E-state index < -0.39 is 0 Å². The van der Waals surface area contributed by atoms with Gasteiger partial charge in [-0.2, -0.15) is 0 Å². The first-order chi connectivity index (χ1) is 6.68. The molecule has 0 heterocycles. The van der Waals surface area contributed by atoms with Gasteiger partial charge in [-0.15, -0.1) is 0 Å². The highest BCUT2D eigenvalue weighted by atomic mass is 16.2. The molecule has 0 aromatic heterocycles. The van der Waals surface area contributed by atoms with Gasteiger partial charge in [-0.3, -0.25) is 4.79 Å². The lowest BCUT2D eigenvalue weighted by molar-refractivity contribution is -0.122. The SMILES string of the molecule is CN(CCNC(=O)C1CC1N)C1CC1. The van der Waals surface area contributed by atoms with Crippen molar-refractivity contribution in [2.24, 2.45) is 11.7 Å². The van der Waals surface area contributed by atoms with E-state index >= 15 is 0 Å². The number of hydrogen-bond donors (Lipinski definition) is 2.